The van der Waals surface area contributed by atoms with Crippen LogP contribution in [0, 0.1) is 0 Å². The summed E-state index contributed by atoms with van der Waals surface area (Å²) in [4.78, 5) is 14.7. The van der Waals surface area contributed by atoms with Crippen molar-refractivity contribution < 1.29 is 13.2 Å². The van der Waals surface area contributed by atoms with Gasteiger partial charge in [-0.2, -0.15) is 0 Å². The van der Waals surface area contributed by atoms with Gasteiger partial charge in [0.1, 0.15) is 0 Å². The van der Waals surface area contributed by atoms with Gasteiger partial charge in [0.25, 0.3) is 5.91 Å². The molecule has 0 saturated carbocycles. The molecule has 0 atom stereocenters. The Morgan fingerprint density at radius 3 is 1.96 bits per heavy atom. The van der Waals surface area contributed by atoms with Gasteiger partial charge in [0, 0.05) is 35.7 Å². The highest BCUT2D eigenvalue weighted by Gasteiger charge is 2.28. The summed E-state index contributed by atoms with van der Waals surface area (Å²) >= 11 is 0. The molecular weight excluding hydrogens is 374 g/mol. The van der Waals surface area contributed by atoms with E-state index in [1.165, 1.54) is 0 Å². The molecule has 0 aromatic heterocycles. The van der Waals surface area contributed by atoms with Crippen molar-refractivity contribution in [2.75, 3.05) is 28.0 Å². The molecule has 148 valence electrons. The zero-order valence-electron chi connectivity index (χ0n) is 16.3. The van der Waals surface area contributed by atoms with Gasteiger partial charge < -0.3 is 10.2 Å². The van der Waals surface area contributed by atoms with E-state index in [4.69, 9.17) is 0 Å². The minimum atomic E-state index is -3.50. The smallest absolute Gasteiger partial charge is 0.255 e. The number of anilines is 3. The van der Waals surface area contributed by atoms with Crippen LogP contribution in [0.2, 0.25) is 0 Å². The topological polar surface area (TPSA) is 78.5 Å². The lowest BCUT2D eigenvalue weighted by molar-refractivity contribution is 0.102. The molecule has 3 rings (SSSR count). The number of hydrogen-bond donors (Lipinski definition) is 2. The van der Waals surface area contributed by atoms with E-state index in [-0.39, 0.29) is 5.91 Å². The van der Waals surface area contributed by atoms with Gasteiger partial charge in [-0.15, -0.1) is 0 Å². The largest absolute Gasteiger partial charge is 0.364 e. The summed E-state index contributed by atoms with van der Waals surface area (Å²) in [5.41, 5.74) is 2.69. The number of hydrogen-bond acceptors (Lipinski definition) is 4. The van der Waals surface area contributed by atoms with E-state index in [2.05, 4.69) is 27.1 Å². The average Bonchev–Trinajstić information content (AvgIpc) is 3.16. The van der Waals surface area contributed by atoms with E-state index in [1.54, 1.807) is 45.0 Å². The third-order valence-corrected chi connectivity index (χ3v) is 6.63. The molecule has 7 heteroatoms. The van der Waals surface area contributed by atoms with Crippen molar-refractivity contribution >= 4 is 33.0 Å². The Morgan fingerprint density at radius 2 is 1.43 bits per heavy atom. The van der Waals surface area contributed by atoms with Crippen LogP contribution in [0.1, 0.15) is 31.1 Å². The number of amides is 1. The monoisotopic (exact) mass is 399 g/mol. The Kier molecular flexibility index (Phi) is 5.47. The standard InChI is InChI=1S/C21H25N3O3S/c1-21(2,3)28(26,27)23-18-8-6-16(7-9-18)20(25)22-17-10-12-19(13-11-17)24-14-4-5-15-24/h4-13,23H,14-15H2,1-3H3,(H,22,25). The molecule has 0 radical (unpaired) electrons. The minimum Gasteiger partial charge on any atom is -0.364 e. The molecule has 0 fully saturated rings. The highest BCUT2D eigenvalue weighted by atomic mass is 32.2. The van der Waals surface area contributed by atoms with Crippen molar-refractivity contribution in [2.24, 2.45) is 0 Å². The maximum atomic E-state index is 12.4. The molecule has 1 aliphatic heterocycles. The first-order valence-corrected chi connectivity index (χ1v) is 10.6. The van der Waals surface area contributed by atoms with Gasteiger partial charge in [-0.25, -0.2) is 8.42 Å². The van der Waals surface area contributed by atoms with Crippen LogP contribution in [0.5, 0.6) is 0 Å². The second-order valence-corrected chi connectivity index (χ2v) is 10.1. The Bertz CT molecular complexity index is 965. The molecule has 2 aromatic carbocycles. The summed E-state index contributed by atoms with van der Waals surface area (Å²) in [6.45, 7) is 6.68. The number of sulfonamides is 1. The van der Waals surface area contributed by atoms with Crippen molar-refractivity contribution in [1.29, 1.82) is 0 Å². The first-order chi connectivity index (χ1) is 13.2. The minimum absolute atomic E-state index is 0.249. The zero-order chi connectivity index (χ0) is 20.4. The first kappa shape index (κ1) is 19.9. The van der Waals surface area contributed by atoms with E-state index in [0.717, 1.165) is 18.8 Å². The van der Waals surface area contributed by atoms with Crippen LogP contribution in [0.3, 0.4) is 0 Å². The average molecular weight is 400 g/mol. The van der Waals surface area contributed by atoms with Gasteiger partial charge in [0.15, 0.2) is 0 Å². The van der Waals surface area contributed by atoms with Crippen LogP contribution in [0.4, 0.5) is 17.1 Å². The van der Waals surface area contributed by atoms with Crippen LogP contribution in [-0.2, 0) is 10.0 Å². The van der Waals surface area contributed by atoms with Gasteiger partial charge in [0.05, 0.1) is 4.75 Å². The maximum Gasteiger partial charge on any atom is 0.255 e. The number of benzene rings is 2. The Morgan fingerprint density at radius 1 is 0.893 bits per heavy atom. The summed E-state index contributed by atoms with van der Waals surface area (Å²) in [5.74, 6) is -0.249. The molecule has 28 heavy (non-hydrogen) atoms. The van der Waals surface area contributed by atoms with Crippen molar-refractivity contribution in [3.05, 3.63) is 66.2 Å². The second-order valence-electron chi connectivity index (χ2n) is 7.67. The molecule has 2 aromatic rings. The predicted octanol–water partition coefficient (Wildman–Crippen LogP) is 3.86. The van der Waals surface area contributed by atoms with Gasteiger partial charge in [-0.3, -0.25) is 9.52 Å². The molecule has 0 aliphatic carbocycles. The Balaban J connectivity index is 1.63. The number of rotatable bonds is 5. The van der Waals surface area contributed by atoms with E-state index in [9.17, 15) is 13.2 Å². The first-order valence-electron chi connectivity index (χ1n) is 9.09. The third kappa shape index (κ3) is 4.54. The quantitative estimate of drug-likeness (QED) is 0.749. The summed E-state index contributed by atoms with van der Waals surface area (Å²) < 4.78 is 26.0. The van der Waals surface area contributed by atoms with Crippen LogP contribution >= 0.6 is 0 Å². The lowest BCUT2D eigenvalue weighted by Crippen LogP contribution is -2.33. The van der Waals surface area contributed by atoms with Gasteiger partial charge >= 0.3 is 0 Å². The zero-order valence-corrected chi connectivity index (χ0v) is 17.1. The van der Waals surface area contributed by atoms with Crippen LogP contribution in [-0.4, -0.2) is 32.2 Å². The number of nitrogens with one attached hydrogen (secondary N) is 2. The fraction of sp³-hybridized carbons (Fsp3) is 0.286. The van der Waals surface area contributed by atoms with Crippen molar-refractivity contribution in [2.45, 2.75) is 25.5 Å². The fourth-order valence-electron chi connectivity index (χ4n) is 2.65. The lowest BCUT2D eigenvalue weighted by atomic mass is 10.2. The highest BCUT2D eigenvalue weighted by molar-refractivity contribution is 7.94. The van der Waals surface area contributed by atoms with Crippen molar-refractivity contribution in [3.63, 3.8) is 0 Å². The SMILES string of the molecule is CC(C)(C)S(=O)(=O)Nc1ccc(C(=O)Nc2ccc(N3CC=CC3)cc2)cc1. The molecule has 2 N–H and O–H groups in total. The second kappa shape index (κ2) is 7.67. The number of carbonyl (C=O) groups excluding carboxylic acids is 1. The third-order valence-electron chi connectivity index (χ3n) is 4.51. The maximum absolute atomic E-state index is 12.4. The molecule has 1 amide bonds. The molecule has 0 bridgehead atoms. The van der Waals surface area contributed by atoms with Crippen molar-refractivity contribution in [3.8, 4) is 0 Å². The lowest BCUT2D eigenvalue weighted by Gasteiger charge is -2.20. The molecule has 0 saturated heterocycles. The Labute approximate surface area is 166 Å². The van der Waals surface area contributed by atoms with Gasteiger partial charge in [0.2, 0.25) is 10.0 Å². The van der Waals surface area contributed by atoms with Crippen molar-refractivity contribution in [1.82, 2.24) is 0 Å². The fourth-order valence-corrected chi connectivity index (χ4v) is 3.40. The summed E-state index contributed by atoms with van der Waals surface area (Å²) in [6.07, 6.45) is 4.25. The van der Waals surface area contributed by atoms with Crippen LogP contribution in [0.15, 0.2) is 60.7 Å². The summed E-state index contributed by atoms with van der Waals surface area (Å²) in [7, 11) is -3.50. The molecular formula is C21H25N3O3S. The molecule has 0 unspecified atom stereocenters. The van der Waals surface area contributed by atoms with Gasteiger partial charge in [-0.1, -0.05) is 12.2 Å². The Hall–Kier alpha value is -2.80. The summed E-state index contributed by atoms with van der Waals surface area (Å²) in [6, 6.07) is 14.1. The van der Waals surface area contributed by atoms with E-state index in [1.807, 2.05) is 24.3 Å². The van der Waals surface area contributed by atoms with E-state index < -0.39 is 14.8 Å². The molecule has 6 nitrogen and oxygen atoms in total. The summed E-state index contributed by atoms with van der Waals surface area (Å²) in [5, 5.41) is 2.86. The van der Waals surface area contributed by atoms with Gasteiger partial charge in [-0.05, 0) is 69.3 Å². The molecule has 1 heterocycles. The van der Waals surface area contributed by atoms with E-state index >= 15 is 0 Å². The normalized spacial score (nSPS) is 14.2. The molecule has 1 aliphatic rings. The number of nitrogens with zero attached hydrogens (tertiary/aromatic N) is 1. The van der Waals surface area contributed by atoms with E-state index in [0.29, 0.717) is 16.9 Å². The predicted molar refractivity (Wildman–Crippen MR) is 114 cm³/mol. The number of carbonyl (C=O) groups is 1. The van der Waals surface area contributed by atoms with Crippen LogP contribution < -0.4 is 14.9 Å². The molecule has 0 spiro atoms. The highest BCUT2D eigenvalue weighted by Crippen LogP contribution is 2.22. The van der Waals surface area contributed by atoms with Crippen LogP contribution in [0.25, 0.3) is 0 Å².